The molecule has 17 heavy (non-hydrogen) atoms. The first-order chi connectivity index (χ1) is 8.15. The Labute approximate surface area is 106 Å². The third kappa shape index (κ3) is 3.41. The molecule has 0 saturated carbocycles. The molecule has 0 aliphatic carbocycles. The molecule has 0 aliphatic heterocycles. The van der Waals surface area contributed by atoms with E-state index >= 15 is 0 Å². The molecule has 0 fully saturated rings. The zero-order valence-corrected chi connectivity index (χ0v) is 11.5. The second kappa shape index (κ2) is 5.47. The van der Waals surface area contributed by atoms with Crippen LogP contribution >= 0.6 is 11.3 Å². The van der Waals surface area contributed by atoms with E-state index in [-0.39, 0.29) is 0 Å². The van der Waals surface area contributed by atoms with Crippen molar-refractivity contribution >= 4 is 11.3 Å². The van der Waals surface area contributed by atoms with Gasteiger partial charge in [-0.3, -0.25) is 4.68 Å². The molecule has 0 aliphatic rings. The number of nitrogens with zero attached hydrogens (tertiary/aromatic N) is 2. The lowest BCUT2D eigenvalue weighted by Crippen LogP contribution is -2.15. The van der Waals surface area contributed by atoms with E-state index in [9.17, 15) is 0 Å². The summed E-state index contributed by atoms with van der Waals surface area (Å²) in [7, 11) is 1.95. The standard InChI is InChI=1S/C13H19N3S/c1-10-6-13(17-11(10)2)8-14-5-4-12-7-15-16(3)9-12/h6-7,9,14H,4-5,8H2,1-3H3. The molecule has 92 valence electrons. The molecule has 4 heteroatoms. The largest absolute Gasteiger partial charge is 0.312 e. The van der Waals surface area contributed by atoms with Crippen molar-refractivity contribution in [1.29, 1.82) is 0 Å². The van der Waals surface area contributed by atoms with Crippen LogP contribution in [0.3, 0.4) is 0 Å². The van der Waals surface area contributed by atoms with Crippen LogP contribution in [0.1, 0.15) is 20.9 Å². The maximum absolute atomic E-state index is 4.16. The molecule has 0 spiro atoms. The molecule has 0 atom stereocenters. The molecule has 2 aromatic rings. The van der Waals surface area contributed by atoms with Crippen LogP contribution < -0.4 is 5.32 Å². The van der Waals surface area contributed by atoms with Gasteiger partial charge in [0.25, 0.3) is 0 Å². The van der Waals surface area contributed by atoms with Gasteiger partial charge in [-0.1, -0.05) is 0 Å². The Morgan fingerprint density at radius 3 is 2.82 bits per heavy atom. The molecule has 1 N–H and O–H groups in total. The average Bonchev–Trinajstić information content (AvgIpc) is 2.82. The van der Waals surface area contributed by atoms with Crippen molar-refractivity contribution < 1.29 is 0 Å². The number of hydrogen-bond acceptors (Lipinski definition) is 3. The Morgan fingerprint density at radius 2 is 2.24 bits per heavy atom. The van der Waals surface area contributed by atoms with Crippen LogP contribution in [0.4, 0.5) is 0 Å². The molecular weight excluding hydrogens is 230 g/mol. The summed E-state index contributed by atoms with van der Waals surface area (Å²) in [5, 5.41) is 7.63. The van der Waals surface area contributed by atoms with Crippen LogP contribution in [-0.4, -0.2) is 16.3 Å². The zero-order valence-electron chi connectivity index (χ0n) is 10.7. The number of aryl methyl sites for hydroxylation is 3. The van der Waals surface area contributed by atoms with Gasteiger partial charge in [-0.05, 0) is 44.0 Å². The van der Waals surface area contributed by atoms with Crippen LogP contribution in [0.5, 0.6) is 0 Å². The Hall–Kier alpha value is -1.13. The summed E-state index contributed by atoms with van der Waals surface area (Å²) in [6, 6.07) is 2.27. The molecule has 0 radical (unpaired) electrons. The van der Waals surface area contributed by atoms with E-state index in [0.29, 0.717) is 0 Å². The lowest BCUT2D eigenvalue weighted by Gasteiger charge is -2.01. The monoisotopic (exact) mass is 249 g/mol. The van der Waals surface area contributed by atoms with Crippen molar-refractivity contribution in [2.45, 2.75) is 26.8 Å². The number of rotatable bonds is 5. The Morgan fingerprint density at radius 1 is 1.41 bits per heavy atom. The number of nitrogens with one attached hydrogen (secondary N) is 1. The van der Waals surface area contributed by atoms with E-state index < -0.39 is 0 Å². The third-order valence-corrected chi connectivity index (χ3v) is 4.02. The van der Waals surface area contributed by atoms with Gasteiger partial charge in [0.15, 0.2) is 0 Å². The van der Waals surface area contributed by atoms with Crippen LogP contribution in [0.2, 0.25) is 0 Å². The van der Waals surface area contributed by atoms with Gasteiger partial charge < -0.3 is 5.32 Å². The zero-order chi connectivity index (χ0) is 12.3. The summed E-state index contributed by atoms with van der Waals surface area (Å²) in [5.41, 5.74) is 2.69. The van der Waals surface area contributed by atoms with Gasteiger partial charge in [0.1, 0.15) is 0 Å². The maximum atomic E-state index is 4.16. The van der Waals surface area contributed by atoms with Crippen LogP contribution in [0.15, 0.2) is 18.5 Å². The highest BCUT2D eigenvalue weighted by molar-refractivity contribution is 7.12. The predicted octanol–water partition coefficient (Wildman–Crippen LogP) is 2.43. The second-order valence-corrected chi connectivity index (χ2v) is 5.74. The highest BCUT2D eigenvalue weighted by Gasteiger charge is 2.01. The maximum Gasteiger partial charge on any atom is 0.0522 e. The molecule has 0 amide bonds. The van der Waals surface area contributed by atoms with Gasteiger partial charge in [-0.2, -0.15) is 5.10 Å². The van der Waals surface area contributed by atoms with Gasteiger partial charge in [0, 0.05) is 29.5 Å². The Kier molecular flexibility index (Phi) is 3.97. The number of aromatic nitrogens is 2. The fraction of sp³-hybridized carbons (Fsp3) is 0.462. The molecule has 2 aromatic heterocycles. The predicted molar refractivity (Wildman–Crippen MR) is 72.4 cm³/mol. The van der Waals surface area contributed by atoms with Crippen LogP contribution in [0.25, 0.3) is 0 Å². The fourth-order valence-corrected chi connectivity index (χ4v) is 2.81. The lowest BCUT2D eigenvalue weighted by atomic mass is 10.2. The van der Waals surface area contributed by atoms with Crippen molar-refractivity contribution in [3.05, 3.63) is 39.3 Å². The highest BCUT2D eigenvalue weighted by Crippen LogP contribution is 2.20. The quantitative estimate of drug-likeness (QED) is 0.825. The minimum absolute atomic E-state index is 0.972. The first-order valence-electron chi connectivity index (χ1n) is 5.89. The summed E-state index contributed by atoms with van der Waals surface area (Å²) < 4.78 is 1.85. The first-order valence-corrected chi connectivity index (χ1v) is 6.71. The Bertz CT molecular complexity index is 465. The molecule has 0 bridgehead atoms. The smallest absolute Gasteiger partial charge is 0.0522 e. The minimum atomic E-state index is 0.972. The van der Waals surface area contributed by atoms with Crippen molar-refractivity contribution in [3.63, 3.8) is 0 Å². The van der Waals surface area contributed by atoms with E-state index in [4.69, 9.17) is 0 Å². The minimum Gasteiger partial charge on any atom is -0.312 e. The Balaban J connectivity index is 1.73. The van der Waals surface area contributed by atoms with Crippen molar-refractivity contribution in [3.8, 4) is 0 Å². The van der Waals surface area contributed by atoms with Crippen molar-refractivity contribution in [2.24, 2.45) is 7.05 Å². The van der Waals surface area contributed by atoms with Gasteiger partial charge in [0.2, 0.25) is 0 Å². The van der Waals surface area contributed by atoms with Crippen LogP contribution in [-0.2, 0) is 20.0 Å². The summed E-state index contributed by atoms with van der Waals surface area (Å²) in [4.78, 5) is 2.85. The van der Waals surface area contributed by atoms with E-state index in [1.54, 1.807) is 0 Å². The third-order valence-electron chi connectivity index (χ3n) is 2.87. The summed E-state index contributed by atoms with van der Waals surface area (Å²) >= 11 is 1.89. The second-order valence-electron chi connectivity index (χ2n) is 4.40. The van der Waals surface area contributed by atoms with Crippen molar-refractivity contribution in [2.75, 3.05) is 6.54 Å². The molecule has 2 heterocycles. The molecule has 0 unspecified atom stereocenters. The number of thiophene rings is 1. The van der Waals surface area contributed by atoms with E-state index in [1.165, 1.54) is 20.9 Å². The van der Waals surface area contributed by atoms with Gasteiger partial charge >= 0.3 is 0 Å². The summed E-state index contributed by atoms with van der Waals surface area (Å²) in [6.45, 7) is 6.32. The van der Waals surface area contributed by atoms with E-state index in [1.807, 2.05) is 29.3 Å². The SMILES string of the molecule is Cc1cc(CNCCc2cnn(C)c2)sc1C. The van der Waals surface area contributed by atoms with Gasteiger partial charge in [-0.25, -0.2) is 0 Å². The number of hydrogen-bond donors (Lipinski definition) is 1. The van der Waals surface area contributed by atoms with E-state index in [2.05, 4.69) is 36.5 Å². The van der Waals surface area contributed by atoms with E-state index in [0.717, 1.165) is 19.5 Å². The van der Waals surface area contributed by atoms with Crippen LogP contribution in [0, 0.1) is 13.8 Å². The summed E-state index contributed by atoms with van der Waals surface area (Å²) in [5.74, 6) is 0. The normalized spacial score (nSPS) is 11.0. The molecule has 3 nitrogen and oxygen atoms in total. The lowest BCUT2D eigenvalue weighted by molar-refractivity contribution is 0.692. The average molecular weight is 249 g/mol. The molecule has 0 aromatic carbocycles. The highest BCUT2D eigenvalue weighted by atomic mass is 32.1. The van der Waals surface area contributed by atoms with Crippen molar-refractivity contribution in [1.82, 2.24) is 15.1 Å². The molecule has 0 saturated heterocycles. The topological polar surface area (TPSA) is 29.9 Å². The first kappa shape index (κ1) is 12.3. The van der Waals surface area contributed by atoms with Gasteiger partial charge in [-0.15, -0.1) is 11.3 Å². The van der Waals surface area contributed by atoms with Gasteiger partial charge in [0.05, 0.1) is 6.20 Å². The summed E-state index contributed by atoms with van der Waals surface area (Å²) in [6.07, 6.45) is 5.04. The molecular formula is C13H19N3S. The fourth-order valence-electron chi connectivity index (χ4n) is 1.78. The molecule has 2 rings (SSSR count).